The van der Waals surface area contributed by atoms with Gasteiger partial charge in [-0.2, -0.15) is 0 Å². The Hall–Kier alpha value is -3.23. The van der Waals surface area contributed by atoms with Gasteiger partial charge in [0.05, 0.1) is 10.4 Å². The molecule has 0 aliphatic rings. The van der Waals surface area contributed by atoms with E-state index in [-0.39, 0.29) is 0 Å². The first-order valence-electron chi connectivity index (χ1n) is 9.07. The summed E-state index contributed by atoms with van der Waals surface area (Å²) in [7, 11) is 0. The smallest absolute Gasteiger partial charge is 0.0715 e. The minimum atomic E-state index is 1.04. The van der Waals surface area contributed by atoms with Gasteiger partial charge in [0.2, 0.25) is 0 Å². The molecular weight excluding hydrogens is 346 g/mol. The molecule has 0 N–H and O–H groups in total. The summed E-state index contributed by atoms with van der Waals surface area (Å²) in [5, 5.41) is 7.68. The second-order valence-electron chi connectivity index (χ2n) is 6.85. The molecule has 0 aliphatic carbocycles. The van der Waals surface area contributed by atoms with Gasteiger partial charge < -0.3 is 0 Å². The Morgan fingerprint density at radius 3 is 2.15 bits per heavy atom. The minimum Gasteiger partial charge on any atom is -0.255 e. The number of thiophene rings is 1. The first-order valence-corrected chi connectivity index (χ1v) is 9.88. The average molecular weight is 361 g/mol. The zero-order valence-electron chi connectivity index (χ0n) is 14.5. The molecule has 1 nitrogen and oxygen atoms in total. The second kappa shape index (κ2) is 5.63. The molecule has 0 unspecified atom stereocenters. The van der Waals surface area contributed by atoms with E-state index in [4.69, 9.17) is 4.98 Å². The Bertz CT molecular complexity index is 1480. The van der Waals surface area contributed by atoms with Gasteiger partial charge in [0, 0.05) is 27.2 Å². The van der Waals surface area contributed by atoms with Crippen molar-refractivity contribution in [1.82, 2.24) is 4.98 Å². The molecule has 0 saturated carbocycles. The molecule has 6 aromatic rings. The van der Waals surface area contributed by atoms with E-state index < -0.39 is 0 Å². The van der Waals surface area contributed by atoms with E-state index in [1.165, 1.54) is 47.3 Å². The van der Waals surface area contributed by atoms with Gasteiger partial charge >= 0.3 is 0 Å². The van der Waals surface area contributed by atoms with Crippen LogP contribution < -0.4 is 0 Å². The predicted molar refractivity (Wildman–Crippen MR) is 118 cm³/mol. The Morgan fingerprint density at radius 1 is 0.556 bits per heavy atom. The van der Waals surface area contributed by atoms with Crippen molar-refractivity contribution < 1.29 is 0 Å². The number of rotatable bonds is 1. The maximum atomic E-state index is 4.84. The molecule has 2 heterocycles. The summed E-state index contributed by atoms with van der Waals surface area (Å²) in [6, 6.07) is 30.4. The van der Waals surface area contributed by atoms with Crippen LogP contribution in [0.2, 0.25) is 0 Å². The third-order valence-electron chi connectivity index (χ3n) is 5.31. The first-order chi connectivity index (χ1) is 13.4. The van der Waals surface area contributed by atoms with Crippen molar-refractivity contribution in [2.75, 3.05) is 0 Å². The Balaban J connectivity index is 1.72. The third kappa shape index (κ3) is 2.20. The highest BCUT2D eigenvalue weighted by molar-refractivity contribution is 7.25. The molecule has 0 amide bonds. The number of fused-ring (bicyclic) bond motifs is 6. The summed E-state index contributed by atoms with van der Waals surface area (Å²) in [4.78, 5) is 4.84. The lowest BCUT2D eigenvalue weighted by Crippen LogP contribution is -1.87. The molecule has 6 rings (SSSR count). The topological polar surface area (TPSA) is 12.9 Å². The van der Waals surface area contributed by atoms with Crippen LogP contribution in [0.25, 0.3) is 53.0 Å². The first kappa shape index (κ1) is 14.9. The van der Waals surface area contributed by atoms with E-state index in [0.717, 1.165) is 5.69 Å². The molecule has 0 saturated heterocycles. The van der Waals surface area contributed by atoms with Crippen LogP contribution in [-0.2, 0) is 0 Å². The fourth-order valence-corrected chi connectivity index (χ4v) is 5.10. The van der Waals surface area contributed by atoms with E-state index in [9.17, 15) is 0 Å². The number of benzene rings is 4. The Labute approximate surface area is 160 Å². The highest BCUT2D eigenvalue weighted by Gasteiger charge is 2.12. The lowest BCUT2D eigenvalue weighted by Gasteiger charge is -2.10. The van der Waals surface area contributed by atoms with Gasteiger partial charge in [0.15, 0.2) is 0 Å². The molecule has 0 atom stereocenters. The monoisotopic (exact) mass is 361 g/mol. The molecular formula is C25H15NS. The van der Waals surface area contributed by atoms with Crippen LogP contribution in [-0.4, -0.2) is 4.98 Å². The zero-order valence-corrected chi connectivity index (χ0v) is 15.3. The van der Waals surface area contributed by atoms with Crippen molar-refractivity contribution >= 4 is 53.1 Å². The largest absolute Gasteiger partial charge is 0.255 e. The van der Waals surface area contributed by atoms with Crippen LogP contribution in [0.15, 0.2) is 91.1 Å². The molecule has 27 heavy (non-hydrogen) atoms. The molecule has 0 spiro atoms. The highest BCUT2D eigenvalue weighted by Crippen LogP contribution is 2.38. The quantitative estimate of drug-likeness (QED) is 0.278. The van der Waals surface area contributed by atoms with E-state index >= 15 is 0 Å². The molecule has 0 radical (unpaired) electrons. The van der Waals surface area contributed by atoms with Gasteiger partial charge in [0.25, 0.3) is 0 Å². The summed E-state index contributed by atoms with van der Waals surface area (Å²) < 4.78 is 2.56. The van der Waals surface area contributed by atoms with Crippen LogP contribution >= 0.6 is 11.3 Å². The van der Waals surface area contributed by atoms with Gasteiger partial charge in [-0.25, -0.2) is 0 Å². The van der Waals surface area contributed by atoms with E-state index in [1.807, 2.05) is 17.5 Å². The van der Waals surface area contributed by atoms with Crippen LogP contribution in [0.4, 0.5) is 0 Å². The van der Waals surface area contributed by atoms with E-state index in [1.54, 1.807) is 0 Å². The number of pyridine rings is 1. The van der Waals surface area contributed by atoms with Gasteiger partial charge in [-0.3, -0.25) is 4.98 Å². The van der Waals surface area contributed by atoms with Crippen LogP contribution in [0.1, 0.15) is 0 Å². The van der Waals surface area contributed by atoms with Gasteiger partial charge in [-0.1, -0.05) is 66.7 Å². The summed E-state index contributed by atoms with van der Waals surface area (Å²) in [5.74, 6) is 0. The fraction of sp³-hybridized carbons (Fsp3) is 0. The summed E-state index contributed by atoms with van der Waals surface area (Å²) in [5.41, 5.74) is 2.23. The molecule has 0 fully saturated rings. The normalized spacial score (nSPS) is 11.7. The van der Waals surface area contributed by atoms with Crippen molar-refractivity contribution in [2.45, 2.75) is 0 Å². The molecule has 126 valence electrons. The predicted octanol–water partition coefficient (Wildman–Crippen LogP) is 7.42. The summed E-state index contributed by atoms with van der Waals surface area (Å²) in [6.07, 6.45) is 2.03. The molecule has 2 aromatic heterocycles. The van der Waals surface area contributed by atoms with Crippen LogP contribution in [0, 0.1) is 0 Å². The van der Waals surface area contributed by atoms with Crippen molar-refractivity contribution in [3.8, 4) is 11.3 Å². The number of hydrogen-bond donors (Lipinski definition) is 0. The van der Waals surface area contributed by atoms with Crippen molar-refractivity contribution in [3.63, 3.8) is 0 Å². The molecule has 4 aromatic carbocycles. The van der Waals surface area contributed by atoms with Gasteiger partial charge in [0.1, 0.15) is 0 Å². The lowest BCUT2D eigenvalue weighted by atomic mass is 9.95. The summed E-state index contributed by atoms with van der Waals surface area (Å²) >= 11 is 1.81. The van der Waals surface area contributed by atoms with Crippen molar-refractivity contribution in [2.24, 2.45) is 0 Å². The molecule has 0 bridgehead atoms. The standard InChI is InChI=1S/C25H15NS/c1-2-8-17-16(7-1)13-21(19-10-4-3-9-18(17)19)23-14-22-20-11-5-6-12-24(20)27-25(22)15-26-23/h1-15H. The number of nitrogens with zero attached hydrogens (tertiary/aromatic N) is 1. The minimum absolute atomic E-state index is 1.04. The third-order valence-corrected chi connectivity index (χ3v) is 6.43. The average Bonchev–Trinajstić information content (AvgIpc) is 3.11. The maximum absolute atomic E-state index is 4.84. The Morgan fingerprint density at radius 2 is 1.26 bits per heavy atom. The van der Waals surface area contributed by atoms with E-state index in [0.29, 0.717) is 0 Å². The maximum Gasteiger partial charge on any atom is 0.0715 e. The van der Waals surface area contributed by atoms with Crippen LogP contribution in [0.5, 0.6) is 0 Å². The number of hydrogen-bond acceptors (Lipinski definition) is 2. The van der Waals surface area contributed by atoms with Crippen molar-refractivity contribution in [1.29, 1.82) is 0 Å². The molecule has 2 heteroatoms. The van der Waals surface area contributed by atoms with Gasteiger partial charge in [-0.15, -0.1) is 11.3 Å². The van der Waals surface area contributed by atoms with Gasteiger partial charge in [-0.05, 0) is 39.7 Å². The Kier molecular flexibility index (Phi) is 3.11. The number of aromatic nitrogens is 1. The second-order valence-corrected chi connectivity index (χ2v) is 7.94. The lowest BCUT2D eigenvalue weighted by molar-refractivity contribution is 1.38. The fourth-order valence-electron chi connectivity index (χ4n) is 4.04. The molecule has 0 aliphatic heterocycles. The van der Waals surface area contributed by atoms with E-state index in [2.05, 4.69) is 84.9 Å². The zero-order chi connectivity index (χ0) is 17.8. The van der Waals surface area contributed by atoms with Crippen molar-refractivity contribution in [3.05, 3.63) is 91.1 Å². The van der Waals surface area contributed by atoms with Crippen LogP contribution in [0.3, 0.4) is 0 Å². The summed E-state index contributed by atoms with van der Waals surface area (Å²) in [6.45, 7) is 0. The SMILES string of the molecule is c1ccc2c(c1)cc(-c1cc3c(cn1)sc1ccccc13)c1ccccc12. The highest BCUT2D eigenvalue weighted by atomic mass is 32.1.